The van der Waals surface area contributed by atoms with E-state index in [0.717, 1.165) is 21.9 Å². The van der Waals surface area contributed by atoms with Crippen LogP contribution in [0.4, 0.5) is 8.78 Å². The first-order chi connectivity index (χ1) is 20.4. The highest BCUT2D eigenvalue weighted by atomic mass is 19.1. The van der Waals surface area contributed by atoms with E-state index in [9.17, 15) is 4.79 Å². The zero-order valence-corrected chi connectivity index (χ0v) is 23.4. The van der Waals surface area contributed by atoms with Gasteiger partial charge in [0.05, 0.1) is 22.9 Å². The molecule has 2 heterocycles. The second kappa shape index (κ2) is 11.6. The molecule has 0 fully saturated rings. The maximum atomic E-state index is 16.8. The molecule has 0 bridgehead atoms. The molecule has 0 radical (unpaired) electrons. The third-order valence-electron chi connectivity index (χ3n) is 8.12. The number of hydrogen-bond donors (Lipinski definition) is 0. The molecule has 6 aromatic rings. The minimum atomic E-state index is -1.72. The molecule has 208 valence electrons. The van der Waals surface area contributed by atoms with Gasteiger partial charge in [-0.25, -0.2) is 8.78 Å². The van der Waals surface area contributed by atoms with Crippen molar-refractivity contribution in [1.29, 1.82) is 0 Å². The Hall–Kier alpha value is -4.77. The summed E-state index contributed by atoms with van der Waals surface area (Å²) >= 11 is 0. The van der Waals surface area contributed by atoms with Gasteiger partial charge in [0.1, 0.15) is 12.3 Å². The summed E-state index contributed by atoms with van der Waals surface area (Å²) < 4.78 is 33.6. The summed E-state index contributed by atoms with van der Waals surface area (Å²) in [5.74, 6) is -3.00. The van der Waals surface area contributed by atoms with Crippen molar-refractivity contribution in [3.63, 3.8) is 0 Å². The number of alkyl halides is 2. The van der Waals surface area contributed by atoms with Crippen molar-refractivity contribution in [3.05, 3.63) is 155 Å². The average molecular weight is 557 g/mol. The lowest BCUT2D eigenvalue weighted by Crippen LogP contribution is -2.27. The predicted molar refractivity (Wildman–Crippen MR) is 164 cm³/mol. The Labute approximate surface area is 243 Å². The molecule has 3 nitrogen and oxygen atoms in total. The molecule has 6 rings (SSSR count). The van der Waals surface area contributed by atoms with Crippen LogP contribution in [-0.2, 0) is 4.79 Å². The van der Waals surface area contributed by atoms with Crippen LogP contribution < -0.4 is 0 Å². The number of rotatable bonds is 8. The van der Waals surface area contributed by atoms with Crippen LogP contribution in [0.5, 0.6) is 0 Å². The van der Waals surface area contributed by atoms with E-state index in [2.05, 4.69) is 9.97 Å². The zero-order chi connectivity index (χ0) is 29.2. The molecule has 0 N–H and O–H groups in total. The summed E-state index contributed by atoms with van der Waals surface area (Å²) in [6.07, 6.45) is -0.0573. The van der Waals surface area contributed by atoms with E-state index in [0.29, 0.717) is 33.3 Å². The summed E-state index contributed by atoms with van der Waals surface area (Å²) in [5, 5.41) is 1.84. The van der Waals surface area contributed by atoms with E-state index < -0.39 is 30.0 Å². The monoisotopic (exact) mass is 556 g/mol. The van der Waals surface area contributed by atoms with Crippen LogP contribution in [0.1, 0.15) is 57.6 Å². The van der Waals surface area contributed by atoms with Crippen molar-refractivity contribution in [2.75, 3.05) is 0 Å². The molecule has 5 heteroatoms. The van der Waals surface area contributed by atoms with E-state index in [1.165, 1.54) is 0 Å². The largest absolute Gasteiger partial charge is 0.298 e. The molecule has 0 aliphatic heterocycles. The van der Waals surface area contributed by atoms with Crippen molar-refractivity contribution in [2.45, 2.75) is 38.0 Å². The summed E-state index contributed by atoms with van der Waals surface area (Å²) in [7, 11) is 0. The number of carbonyl (C=O) groups is 1. The van der Waals surface area contributed by atoms with Crippen LogP contribution in [0.25, 0.3) is 21.8 Å². The zero-order valence-electron chi connectivity index (χ0n) is 23.4. The Morgan fingerprint density at radius 2 is 0.952 bits per heavy atom. The molecule has 0 aliphatic rings. The smallest absolute Gasteiger partial charge is 0.154 e. The number of benzene rings is 4. The quantitative estimate of drug-likeness (QED) is 0.188. The van der Waals surface area contributed by atoms with Crippen molar-refractivity contribution >= 4 is 27.6 Å². The molecule has 4 atom stereocenters. The predicted octanol–water partition coefficient (Wildman–Crippen LogP) is 9.26. The average Bonchev–Trinajstić information content (AvgIpc) is 3.02. The third-order valence-corrected chi connectivity index (χ3v) is 8.12. The standard InChI is InChI=1S/C37H30F2N2O/c1-23-17-19-40-31-21-27(13-15-29(23)31)35(38)33(25-9-5-3-6-10-25)37(42)34(26-11-7-4-8-12-26)36(39)28-14-16-30-24(2)18-20-41-32(30)22-28/h3-22,33-36H,1-2H3. The van der Waals surface area contributed by atoms with Crippen LogP contribution >= 0.6 is 0 Å². The van der Waals surface area contributed by atoms with Gasteiger partial charge >= 0.3 is 0 Å². The SMILES string of the molecule is Cc1ccnc2cc(C(F)C(C(=O)C(c3ccccc3)C(F)c3ccc4c(C)ccnc4c3)c3ccccc3)ccc12. The summed E-state index contributed by atoms with van der Waals surface area (Å²) in [4.78, 5) is 23.5. The molecule has 0 saturated carbocycles. The molecular weight excluding hydrogens is 526 g/mol. The molecule has 4 unspecified atom stereocenters. The highest BCUT2D eigenvalue weighted by molar-refractivity contribution is 5.94. The lowest BCUT2D eigenvalue weighted by atomic mass is 9.76. The fourth-order valence-electron chi connectivity index (χ4n) is 5.81. The van der Waals surface area contributed by atoms with Gasteiger partial charge in [-0.3, -0.25) is 14.8 Å². The summed E-state index contributed by atoms with van der Waals surface area (Å²) in [6.45, 7) is 3.95. The first kappa shape index (κ1) is 27.4. The number of aromatic nitrogens is 2. The normalized spacial score (nSPS) is 14.4. The summed E-state index contributed by atoms with van der Waals surface area (Å²) in [6, 6.07) is 31.9. The third kappa shape index (κ3) is 5.18. The molecule has 4 aromatic carbocycles. The first-order valence-corrected chi connectivity index (χ1v) is 14.0. The molecule has 42 heavy (non-hydrogen) atoms. The molecule has 2 aromatic heterocycles. The first-order valence-electron chi connectivity index (χ1n) is 14.0. The van der Waals surface area contributed by atoms with Crippen LogP contribution in [0, 0.1) is 13.8 Å². The number of hydrogen-bond acceptors (Lipinski definition) is 3. The summed E-state index contributed by atoms with van der Waals surface area (Å²) in [5.41, 5.74) is 5.01. The van der Waals surface area contributed by atoms with Gasteiger partial charge in [-0.2, -0.15) is 0 Å². The number of nitrogens with zero attached hydrogens (tertiary/aromatic N) is 2. The minimum Gasteiger partial charge on any atom is -0.298 e. The number of fused-ring (bicyclic) bond motifs is 2. The Bertz CT molecular complexity index is 1740. The Kier molecular flexibility index (Phi) is 7.58. The Balaban J connectivity index is 1.46. The lowest BCUT2D eigenvalue weighted by Gasteiger charge is -2.28. The molecule has 0 aliphatic carbocycles. The van der Waals surface area contributed by atoms with E-state index >= 15 is 8.78 Å². The second-order valence-electron chi connectivity index (χ2n) is 10.8. The number of pyridine rings is 2. The minimum absolute atomic E-state index is 0.329. The molecule has 0 saturated heterocycles. The highest BCUT2D eigenvalue weighted by Crippen LogP contribution is 2.45. The van der Waals surface area contributed by atoms with E-state index in [1.807, 2.05) is 50.2 Å². The number of halogens is 2. The van der Waals surface area contributed by atoms with Gasteiger partial charge in [0.25, 0.3) is 0 Å². The van der Waals surface area contributed by atoms with E-state index in [4.69, 9.17) is 0 Å². The van der Waals surface area contributed by atoms with Gasteiger partial charge in [0, 0.05) is 23.2 Å². The lowest BCUT2D eigenvalue weighted by molar-refractivity contribution is -0.125. The Morgan fingerprint density at radius 1 is 0.548 bits per heavy atom. The van der Waals surface area contributed by atoms with Gasteiger partial charge in [-0.05, 0) is 71.5 Å². The van der Waals surface area contributed by atoms with Crippen LogP contribution in [0.15, 0.2) is 122 Å². The van der Waals surface area contributed by atoms with Gasteiger partial charge in [0.2, 0.25) is 0 Å². The Morgan fingerprint density at radius 3 is 1.36 bits per heavy atom. The fraction of sp³-hybridized carbons (Fsp3) is 0.162. The van der Waals surface area contributed by atoms with Gasteiger partial charge in [-0.15, -0.1) is 0 Å². The molecular formula is C37H30F2N2O. The van der Waals surface area contributed by atoms with E-state index in [1.54, 1.807) is 85.2 Å². The number of ketones is 1. The van der Waals surface area contributed by atoms with Gasteiger partial charge in [0.15, 0.2) is 5.78 Å². The van der Waals surface area contributed by atoms with Crippen molar-refractivity contribution in [2.24, 2.45) is 0 Å². The second-order valence-corrected chi connectivity index (χ2v) is 10.8. The van der Waals surface area contributed by atoms with Crippen LogP contribution in [-0.4, -0.2) is 15.8 Å². The van der Waals surface area contributed by atoms with Gasteiger partial charge in [-0.1, -0.05) is 84.9 Å². The highest BCUT2D eigenvalue weighted by Gasteiger charge is 2.40. The topological polar surface area (TPSA) is 42.9 Å². The van der Waals surface area contributed by atoms with Crippen LogP contribution in [0.3, 0.4) is 0 Å². The van der Waals surface area contributed by atoms with Crippen molar-refractivity contribution in [3.8, 4) is 0 Å². The van der Waals surface area contributed by atoms with Crippen molar-refractivity contribution in [1.82, 2.24) is 9.97 Å². The van der Waals surface area contributed by atoms with Gasteiger partial charge < -0.3 is 0 Å². The van der Waals surface area contributed by atoms with Crippen LogP contribution in [0.2, 0.25) is 0 Å². The van der Waals surface area contributed by atoms with Crippen molar-refractivity contribution < 1.29 is 13.6 Å². The maximum absolute atomic E-state index is 16.8. The molecule has 0 spiro atoms. The maximum Gasteiger partial charge on any atom is 0.154 e. The number of Topliss-reactive ketones (excluding diaryl/α,β-unsaturated/α-hetero) is 1. The number of carbonyl (C=O) groups excluding carboxylic acids is 1. The fourth-order valence-corrected chi connectivity index (χ4v) is 5.81. The van der Waals surface area contributed by atoms with E-state index in [-0.39, 0.29) is 0 Å². The molecule has 0 amide bonds. The number of aryl methyl sites for hydroxylation is 2.